The highest BCUT2D eigenvalue weighted by Gasteiger charge is 2.39. The van der Waals surface area contributed by atoms with Crippen LogP contribution in [0.15, 0.2) is 0 Å². The molecular formula is C13H26N2O. The number of hydrogen-bond acceptors (Lipinski definition) is 2. The van der Waals surface area contributed by atoms with E-state index < -0.39 is 0 Å². The van der Waals surface area contributed by atoms with E-state index in [9.17, 15) is 4.79 Å². The second-order valence-corrected chi connectivity index (χ2v) is 6.39. The predicted molar refractivity (Wildman–Crippen MR) is 67.4 cm³/mol. The monoisotopic (exact) mass is 226 g/mol. The molecule has 0 N–H and O–H groups in total. The first-order valence-electron chi connectivity index (χ1n) is 6.23. The van der Waals surface area contributed by atoms with Gasteiger partial charge >= 0.3 is 0 Å². The molecule has 0 aromatic rings. The summed E-state index contributed by atoms with van der Waals surface area (Å²) >= 11 is 0. The van der Waals surface area contributed by atoms with E-state index in [0.717, 1.165) is 26.2 Å². The number of carbonyl (C=O) groups is 1. The highest BCUT2D eigenvalue weighted by molar-refractivity contribution is 5.82. The Bertz CT molecular complexity index is 266. The maximum atomic E-state index is 12.3. The molecule has 0 aliphatic carbocycles. The first-order valence-corrected chi connectivity index (χ1v) is 6.23. The molecule has 1 saturated heterocycles. The molecule has 16 heavy (non-hydrogen) atoms. The molecule has 1 heterocycles. The minimum absolute atomic E-state index is 0.0430. The van der Waals surface area contributed by atoms with Crippen molar-refractivity contribution in [1.82, 2.24) is 9.80 Å². The van der Waals surface area contributed by atoms with Crippen LogP contribution in [0.2, 0.25) is 0 Å². The van der Waals surface area contributed by atoms with Gasteiger partial charge in [-0.1, -0.05) is 27.7 Å². The van der Waals surface area contributed by atoms with E-state index in [4.69, 9.17) is 0 Å². The third kappa shape index (κ3) is 2.76. The zero-order valence-corrected chi connectivity index (χ0v) is 11.6. The average molecular weight is 226 g/mol. The van der Waals surface area contributed by atoms with Crippen molar-refractivity contribution in [2.24, 2.45) is 5.41 Å². The molecule has 1 aliphatic rings. The van der Waals surface area contributed by atoms with Crippen LogP contribution in [0.1, 0.15) is 41.5 Å². The van der Waals surface area contributed by atoms with Crippen molar-refractivity contribution in [3.05, 3.63) is 0 Å². The minimum Gasteiger partial charge on any atom is -0.335 e. The van der Waals surface area contributed by atoms with E-state index in [0.29, 0.717) is 0 Å². The summed E-state index contributed by atoms with van der Waals surface area (Å²) in [6, 6.07) is 0. The van der Waals surface area contributed by atoms with Crippen LogP contribution in [-0.2, 0) is 4.79 Å². The number of nitrogens with zero attached hydrogens (tertiary/aromatic N) is 2. The highest BCUT2D eigenvalue weighted by Crippen LogP contribution is 2.27. The molecule has 1 amide bonds. The Balaban J connectivity index is 2.80. The molecule has 0 atom stereocenters. The second-order valence-electron chi connectivity index (χ2n) is 6.39. The number of rotatable bonds is 1. The molecule has 0 aromatic heterocycles. The van der Waals surface area contributed by atoms with Crippen LogP contribution in [0.5, 0.6) is 0 Å². The average Bonchev–Trinajstić information content (AvgIpc) is 2.13. The Morgan fingerprint density at radius 1 is 1.25 bits per heavy atom. The zero-order valence-electron chi connectivity index (χ0n) is 11.6. The first kappa shape index (κ1) is 13.5. The van der Waals surface area contributed by atoms with Gasteiger partial charge in [-0.15, -0.1) is 0 Å². The number of likely N-dealkylation sites (N-methyl/N-ethyl adjacent to an activating group) is 1. The highest BCUT2D eigenvalue weighted by atomic mass is 16.2. The molecule has 1 rings (SSSR count). The van der Waals surface area contributed by atoms with Crippen LogP contribution in [-0.4, -0.2) is 47.4 Å². The van der Waals surface area contributed by atoms with Crippen molar-refractivity contribution in [2.75, 3.05) is 26.2 Å². The fourth-order valence-corrected chi connectivity index (χ4v) is 2.31. The van der Waals surface area contributed by atoms with Gasteiger partial charge < -0.3 is 4.90 Å². The Morgan fingerprint density at radius 2 is 1.81 bits per heavy atom. The summed E-state index contributed by atoms with van der Waals surface area (Å²) in [5.41, 5.74) is -0.315. The van der Waals surface area contributed by atoms with Gasteiger partial charge in [0.1, 0.15) is 0 Å². The molecule has 3 nitrogen and oxygen atoms in total. The smallest absolute Gasteiger partial charge is 0.228 e. The standard InChI is InChI=1S/C13H26N2O/c1-7-14-8-9-15(13(5,6)10-14)11(16)12(2,3)4/h7-10H2,1-6H3. The summed E-state index contributed by atoms with van der Waals surface area (Å²) in [6.45, 7) is 16.4. The van der Waals surface area contributed by atoms with E-state index in [-0.39, 0.29) is 16.9 Å². The lowest BCUT2D eigenvalue weighted by Gasteiger charge is -2.48. The lowest BCUT2D eigenvalue weighted by molar-refractivity contribution is -0.149. The molecular weight excluding hydrogens is 200 g/mol. The first-order chi connectivity index (χ1) is 7.18. The molecule has 1 aliphatic heterocycles. The van der Waals surface area contributed by atoms with Gasteiger partial charge in [0.2, 0.25) is 5.91 Å². The third-order valence-electron chi connectivity index (χ3n) is 3.32. The lowest BCUT2D eigenvalue weighted by atomic mass is 9.89. The topological polar surface area (TPSA) is 23.6 Å². The van der Waals surface area contributed by atoms with Crippen LogP contribution in [0, 0.1) is 5.41 Å². The van der Waals surface area contributed by atoms with Gasteiger partial charge in [-0.2, -0.15) is 0 Å². The summed E-state index contributed by atoms with van der Waals surface area (Å²) in [7, 11) is 0. The van der Waals surface area contributed by atoms with Crippen molar-refractivity contribution in [3.63, 3.8) is 0 Å². The van der Waals surface area contributed by atoms with E-state index in [1.54, 1.807) is 0 Å². The molecule has 3 heteroatoms. The van der Waals surface area contributed by atoms with Crippen molar-refractivity contribution in [3.8, 4) is 0 Å². The third-order valence-corrected chi connectivity index (χ3v) is 3.32. The lowest BCUT2D eigenvalue weighted by Crippen LogP contribution is -2.62. The van der Waals surface area contributed by atoms with E-state index >= 15 is 0 Å². The largest absolute Gasteiger partial charge is 0.335 e. The van der Waals surface area contributed by atoms with Gasteiger partial charge in [0.05, 0.1) is 0 Å². The quantitative estimate of drug-likeness (QED) is 0.682. The number of amides is 1. The van der Waals surface area contributed by atoms with E-state index in [1.165, 1.54) is 0 Å². The fourth-order valence-electron chi connectivity index (χ4n) is 2.31. The van der Waals surface area contributed by atoms with Crippen LogP contribution in [0.3, 0.4) is 0 Å². The SMILES string of the molecule is CCN1CCN(C(=O)C(C)(C)C)C(C)(C)C1. The molecule has 0 bridgehead atoms. The zero-order chi connectivity index (χ0) is 12.6. The van der Waals surface area contributed by atoms with Gasteiger partial charge in [0.25, 0.3) is 0 Å². The van der Waals surface area contributed by atoms with Gasteiger partial charge in [-0.05, 0) is 20.4 Å². The van der Waals surface area contributed by atoms with Crippen LogP contribution in [0.4, 0.5) is 0 Å². The normalized spacial score (nSPS) is 22.2. The molecule has 0 spiro atoms. The van der Waals surface area contributed by atoms with Gasteiger partial charge in [0.15, 0.2) is 0 Å². The molecule has 0 aromatic carbocycles. The molecule has 94 valence electrons. The minimum atomic E-state index is -0.272. The number of piperazine rings is 1. The van der Waals surface area contributed by atoms with Crippen molar-refractivity contribution in [1.29, 1.82) is 0 Å². The predicted octanol–water partition coefficient (Wildman–Crippen LogP) is 1.98. The van der Waals surface area contributed by atoms with E-state index in [2.05, 4.69) is 30.6 Å². The number of carbonyl (C=O) groups excluding carboxylic acids is 1. The molecule has 1 fully saturated rings. The summed E-state index contributed by atoms with van der Waals surface area (Å²) < 4.78 is 0. The molecule has 0 unspecified atom stereocenters. The second kappa shape index (κ2) is 4.36. The van der Waals surface area contributed by atoms with Gasteiger partial charge in [-0.3, -0.25) is 9.69 Å². The summed E-state index contributed by atoms with van der Waals surface area (Å²) in [5, 5.41) is 0. The maximum absolute atomic E-state index is 12.3. The molecule has 0 radical (unpaired) electrons. The Morgan fingerprint density at radius 3 is 2.19 bits per heavy atom. The van der Waals surface area contributed by atoms with Gasteiger partial charge in [0, 0.05) is 30.6 Å². The summed E-state index contributed by atoms with van der Waals surface area (Å²) in [5.74, 6) is 0.272. The molecule has 0 saturated carbocycles. The summed E-state index contributed by atoms with van der Waals surface area (Å²) in [4.78, 5) is 16.8. The Hall–Kier alpha value is -0.570. The van der Waals surface area contributed by atoms with Crippen LogP contribution < -0.4 is 0 Å². The Kier molecular flexibility index (Phi) is 3.68. The van der Waals surface area contributed by atoms with Gasteiger partial charge in [-0.25, -0.2) is 0 Å². The van der Waals surface area contributed by atoms with Crippen molar-refractivity contribution in [2.45, 2.75) is 47.1 Å². The van der Waals surface area contributed by atoms with Crippen LogP contribution >= 0.6 is 0 Å². The maximum Gasteiger partial charge on any atom is 0.228 e. The van der Waals surface area contributed by atoms with Crippen molar-refractivity contribution < 1.29 is 4.79 Å². The fraction of sp³-hybridized carbons (Fsp3) is 0.923. The summed E-state index contributed by atoms with van der Waals surface area (Å²) in [6.07, 6.45) is 0. The Labute approximate surface area is 99.8 Å². The van der Waals surface area contributed by atoms with Crippen molar-refractivity contribution >= 4 is 5.91 Å². The van der Waals surface area contributed by atoms with Crippen LogP contribution in [0.25, 0.3) is 0 Å². The number of hydrogen-bond donors (Lipinski definition) is 0. The van der Waals surface area contributed by atoms with E-state index in [1.807, 2.05) is 20.8 Å².